The molecular weight excluding hydrogens is 458 g/mol. The zero-order valence-electron chi connectivity index (χ0n) is 17.9. The maximum absolute atomic E-state index is 12.5. The van der Waals surface area contributed by atoms with E-state index in [0.29, 0.717) is 22.8 Å². The maximum atomic E-state index is 12.5. The molecule has 10 nitrogen and oxygen atoms in total. The summed E-state index contributed by atoms with van der Waals surface area (Å²) >= 11 is 0. The average molecular weight is 480 g/mol. The molecule has 1 atom stereocenters. The quantitative estimate of drug-likeness (QED) is 0.273. The number of sulfonamides is 1. The van der Waals surface area contributed by atoms with Crippen molar-refractivity contribution in [2.75, 3.05) is 10.6 Å². The fraction of sp³-hybridized carbons (Fsp3) is 0.0870. The van der Waals surface area contributed by atoms with Crippen LogP contribution in [-0.4, -0.2) is 41.5 Å². The number of urea groups is 1. The number of carboxylic acid groups (broad SMARTS) is 1. The molecule has 0 saturated heterocycles. The van der Waals surface area contributed by atoms with Gasteiger partial charge in [-0.15, -0.1) is 0 Å². The first kappa shape index (κ1) is 23.0. The number of fused-ring (bicyclic) bond motifs is 1. The van der Waals surface area contributed by atoms with Crippen molar-refractivity contribution in [3.8, 4) is 11.1 Å². The van der Waals surface area contributed by atoms with Crippen LogP contribution in [0.25, 0.3) is 22.2 Å². The third kappa shape index (κ3) is 5.22. The Hall–Kier alpha value is -4.22. The molecular formula is C23H21N5O5S. The third-order valence-corrected chi connectivity index (χ3v) is 6.46. The molecule has 0 spiro atoms. The van der Waals surface area contributed by atoms with Gasteiger partial charge < -0.3 is 15.4 Å². The second-order valence-electron chi connectivity index (χ2n) is 7.47. The van der Waals surface area contributed by atoms with E-state index in [4.69, 9.17) is 5.11 Å². The highest BCUT2D eigenvalue weighted by Crippen LogP contribution is 2.25. The first-order valence-electron chi connectivity index (χ1n) is 10.2. The van der Waals surface area contributed by atoms with Crippen molar-refractivity contribution in [2.24, 2.45) is 0 Å². The minimum absolute atomic E-state index is 0.0703. The van der Waals surface area contributed by atoms with E-state index in [2.05, 4.69) is 25.3 Å². The Morgan fingerprint density at radius 2 is 1.65 bits per heavy atom. The van der Waals surface area contributed by atoms with Crippen LogP contribution in [0.1, 0.15) is 6.92 Å². The number of H-pyrrole nitrogens is 1. The predicted octanol–water partition coefficient (Wildman–Crippen LogP) is 3.63. The Morgan fingerprint density at radius 3 is 2.38 bits per heavy atom. The van der Waals surface area contributed by atoms with Crippen LogP contribution in [-0.2, 0) is 14.8 Å². The molecule has 0 aliphatic rings. The Bertz CT molecular complexity index is 1450. The molecule has 34 heavy (non-hydrogen) atoms. The molecule has 0 unspecified atom stereocenters. The van der Waals surface area contributed by atoms with Gasteiger partial charge in [0, 0.05) is 5.69 Å². The summed E-state index contributed by atoms with van der Waals surface area (Å²) in [4.78, 5) is 30.7. The van der Waals surface area contributed by atoms with Crippen molar-refractivity contribution in [3.63, 3.8) is 0 Å². The third-order valence-electron chi connectivity index (χ3n) is 4.92. The van der Waals surface area contributed by atoms with E-state index in [9.17, 15) is 18.0 Å². The van der Waals surface area contributed by atoms with Gasteiger partial charge in [-0.05, 0) is 54.4 Å². The lowest BCUT2D eigenvalue weighted by Crippen LogP contribution is -2.38. The summed E-state index contributed by atoms with van der Waals surface area (Å²) in [6.45, 7) is 1.25. The normalized spacial score (nSPS) is 12.3. The Balaban J connectivity index is 1.50. The second-order valence-corrected chi connectivity index (χ2v) is 9.19. The number of benzene rings is 3. The number of amides is 2. The lowest BCUT2D eigenvalue weighted by atomic mass is 10.1. The van der Waals surface area contributed by atoms with Crippen molar-refractivity contribution in [2.45, 2.75) is 17.9 Å². The molecule has 0 aliphatic carbocycles. The molecule has 0 bridgehead atoms. The number of nitrogens with zero attached hydrogens (tertiary/aromatic N) is 1. The van der Waals surface area contributed by atoms with E-state index in [0.717, 1.165) is 11.0 Å². The summed E-state index contributed by atoms with van der Waals surface area (Å²) in [6.07, 6.45) is 0. The van der Waals surface area contributed by atoms with Crippen LogP contribution in [0.2, 0.25) is 0 Å². The highest BCUT2D eigenvalue weighted by atomic mass is 32.2. The van der Waals surface area contributed by atoms with Crippen molar-refractivity contribution in [3.05, 3.63) is 72.8 Å². The molecule has 4 aromatic rings. The first-order valence-corrected chi connectivity index (χ1v) is 11.7. The number of para-hydroxylation sites is 2. The Labute approximate surface area is 195 Å². The van der Waals surface area contributed by atoms with Crippen molar-refractivity contribution in [1.29, 1.82) is 0 Å². The highest BCUT2D eigenvalue weighted by Gasteiger charge is 2.21. The Kier molecular flexibility index (Phi) is 6.30. The van der Waals surface area contributed by atoms with Gasteiger partial charge in [-0.1, -0.05) is 36.4 Å². The average Bonchev–Trinajstić information content (AvgIpc) is 3.21. The highest BCUT2D eigenvalue weighted by molar-refractivity contribution is 7.89. The number of hydrogen-bond donors (Lipinski definition) is 5. The van der Waals surface area contributed by atoms with Crippen LogP contribution in [0.3, 0.4) is 0 Å². The standard InChI is InChI=1S/C23H21N5O5S/c1-14(21(29)30)28-34(32,33)18-9-5-7-16(13-18)15-6-4-8-17(12-15)24-23(31)27-22-25-19-10-2-3-11-20(19)26-22/h2-14,28H,1H3,(H,29,30)(H3,24,25,26,27,31)/t14-/m1/s1. The van der Waals surface area contributed by atoms with E-state index in [1.54, 1.807) is 36.4 Å². The van der Waals surface area contributed by atoms with Crippen LogP contribution in [0.4, 0.5) is 16.4 Å². The van der Waals surface area contributed by atoms with Gasteiger partial charge in [-0.3, -0.25) is 10.1 Å². The number of imidazole rings is 1. The molecule has 1 aromatic heterocycles. The molecule has 5 N–H and O–H groups in total. The lowest BCUT2D eigenvalue weighted by Gasteiger charge is -2.12. The smallest absolute Gasteiger partial charge is 0.326 e. The molecule has 3 aromatic carbocycles. The monoisotopic (exact) mass is 479 g/mol. The molecule has 4 rings (SSSR count). The van der Waals surface area contributed by atoms with Crippen molar-refractivity contribution in [1.82, 2.24) is 14.7 Å². The zero-order chi connectivity index (χ0) is 24.3. The molecule has 2 amide bonds. The van der Waals surface area contributed by atoms with Gasteiger partial charge in [0.15, 0.2) is 0 Å². The summed E-state index contributed by atoms with van der Waals surface area (Å²) < 4.78 is 27.2. The molecule has 174 valence electrons. The number of rotatable bonds is 7. The number of carboxylic acids is 1. The van der Waals surface area contributed by atoms with Crippen LogP contribution in [0.15, 0.2) is 77.7 Å². The maximum Gasteiger partial charge on any atom is 0.326 e. The zero-order valence-corrected chi connectivity index (χ0v) is 18.8. The van der Waals surface area contributed by atoms with Crippen LogP contribution < -0.4 is 15.4 Å². The molecule has 0 saturated carbocycles. The van der Waals surface area contributed by atoms with Gasteiger partial charge in [-0.2, -0.15) is 4.72 Å². The SMILES string of the molecule is C[C@@H](NS(=O)(=O)c1cccc(-c2cccc(NC(=O)Nc3nc4ccccc4[nH]3)c2)c1)C(=O)O. The largest absolute Gasteiger partial charge is 0.480 e. The van der Waals surface area contributed by atoms with Crippen LogP contribution >= 0.6 is 0 Å². The van der Waals surface area contributed by atoms with Gasteiger partial charge in [0.25, 0.3) is 0 Å². The number of hydrogen-bond acceptors (Lipinski definition) is 5. The predicted molar refractivity (Wildman–Crippen MR) is 128 cm³/mol. The summed E-state index contributed by atoms with van der Waals surface area (Å²) in [5.41, 5.74) is 3.23. The number of aromatic nitrogens is 2. The summed E-state index contributed by atoms with van der Waals surface area (Å²) in [6, 6.07) is 18.6. The van der Waals surface area contributed by atoms with Gasteiger partial charge in [-0.25, -0.2) is 18.2 Å². The van der Waals surface area contributed by atoms with E-state index < -0.39 is 28.1 Å². The van der Waals surface area contributed by atoms with Gasteiger partial charge >= 0.3 is 12.0 Å². The minimum Gasteiger partial charge on any atom is -0.480 e. The number of aliphatic carboxylic acids is 1. The second kappa shape index (κ2) is 9.33. The molecule has 1 heterocycles. The summed E-state index contributed by atoms with van der Waals surface area (Å²) in [7, 11) is -4.03. The lowest BCUT2D eigenvalue weighted by molar-refractivity contribution is -0.138. The molecule has 11 heteroatoms. The van der Waals surface area contributed by atoms with E-state index in [-0.39, 0.29) is 4.90 Å². The molecule has 0 aliphatic heterocycles. The van der Waals surface area contributed by atoms with Crippen LogP contribution in [0.5, 0.6) is 0 Å². The fourth-order valence-electron chi connectivity index (χ4n) is 3.25. The molecule has 0 radical (unpaired) electrons. The number of carbonyl (C=O) groups is 2. The van der Waals surface area contributed by atoms with Gasteiger partial charge in [0.1, 0.15) is 6.04 Å². The first-order chi connectivity index (χ1) is 16.2. The van der Waals surface area contributed by atoms with Crippen molar-refractivity contribution >= 4 is 44.7 Å². The number of anilines is 2. The van der Waals surface area contributed by atoms with Crippen molar-refractivity contribution < 1.29 is 23.1 Å². The summed E-state index contributed by atoms with van der Waals surface area (Å²) in [5, 5.41) is 14.4. The van der Waals surface area contributed by atoms with Gasteiger partial charge in [0.2, 0.25) is 16.0 Å². The van der Waals surface area contributed by atoms with E-state index in [1.165, 1.54) is 19.1 Å². The minimum atomic E-state index is -4.03. The number of nitrogens with one attached hydrogen (secondary N) is 4. The van der Waals surface area contributed by atoms with Gasteiger partial charge in [0.05, 0.1) is 15.9 Å². The molecule has 0 fully saturated rings. The topological polar surface area (TPSA) is 153 Å². The Morgan fingerprint density at radius 1 is 0.941 bits per heavy atom. The summed E-state index contributed by atoms with van der Waals surface area (Å²) in [5.74, 6) is -0.977. The van der Waals surface area contributed by atoms with E-state index in [1.807, 2.05) is 24.3 Å². The number of aromatic amines is 1. The fourth-order valence-corrected chi connectivity index (χ4v) is 4.49. The van der Waals surface area contributed by atoms with Crippen LogP contribution in [0, 0.1) is 0 Å². The van der Waals surface area contributed by atoms with E-state index >= 15 is 0 Å². The number of carbonyl (C=O) groups excluding carboxylic acids is 1.